The van der Waals surface area contributed by atoms with Crippen LogP contribution in [-0.4, -0.2) is 25.5 Å². The van der Waals surface area contributed by atoms with Gasteiger partial charge in [-0.15, -0.1) is 21.5 Å². The van der Waals surface area contributed by atoms with E-state index in [1.807, 2.05) is 72.1 Å². The fourth-order valence-electron chi connectivity index (χ4n) is 3.50. The first-order chi connectivity index (χ1) is 16.2. The Hall–Kier alpha value is -3.75. The molecule has 33 heavy (non-hydrogen) atoms. The summed E-state index contributed by atoms with van der Waals surface area (Å²) in [6.07, 6.45) is 0. The van der Waals surface area contributed by atoms with E-state index in [1.165, 1.54) is 11.3 Å². The molecular formula is C24H19ClN6OS. The van der Waals surface area contributed by atoms with Crippen molar-refractivity contribution in [2.75, 3.05) is 0 Å². The largest absolute Gasteiger partial charge is 0.311 e. The molecule has 0 atom stereocenters. The summed E-state index contributed by atoms with van der Waals surface area (Å²) < 4.78 is 3.64. The van der Waals surface area contributed by atoms with Gasteiger partial charge in [-0.3, -0.25) is 4.79 Å². The number of amides is 1. The van der Waals surface area contributed by atoms with Crippen molar-refractivity contribution < 1.29 is 4.79 Å². The van der Waals surface area contributed by atoms with Crippen LogP contribution >= 0.6 is 22.9 Å². The zero-order valence-electron chi connectivity index (χ0n) is 17.4. The molecule has 0 aliphatic rings. The van der Waals surface area contributed by atoms with Gasteiger partial charge in [0.05, 0.1) is 17.8 Å². The van der Waals surface area contributed by atoms with Gasteiger partial charge in [0, 0.05) is 10.4 Å². The van der Waals surface area contributed by atoms with Gasteiger partial charge in [0.1, 0.15) is 12.1 Å². The van der Waals surface area contributed by atoms with E-state index in [4.69, 9.17) is 11.6 Å². The first-order valence-corrected chi connectivity index (χ1v) is 11.5. The van der Waals surface area contributed by atoms with Crippen LogP contribution in [0.1, 0.15) is 5.56 Å². The molecule has 0 unspecified atom stereocenters. The predicted molar refractivity (Wildman–Crippen MR) is 130 cm³/mol. The van der Waals surface area contributed by atoms with E-state index in [0.717, 1.165) is 27.9 Å². The fraction of sp³-hybridized carbons (Fsp3) is 0.0833. The van der Waals surface area contributed by atoms with Crippen molar-refractivity contribution in [2.45, 2.75) is 13.1 Å². The SMILES string of the molecule is O=C(Cn1nnc2ccccc21)N/N=c1\scc(-c2ccc(Cl)cc2)n1Cc1ccccc1. The second-order valence-corrected chi connectivity index (χ2v) is 8.64. The van der Waals surface area contributed by atoms with Gasteiger partial charge in [-0.1, -0.05) is 71.4 Å². The molecule has 164 valence electrons. The summed E-state index contributed by atoms with van der Waals surface area (Å²) in [5, 5.41) is 15.3. The quantitative estimate of drug-likeness (QED) is 0.373. The first kappa shape index (κ1) is 21.1. The summed E-state index contributed by atoms with van der Waals surface area (Å²) >= 11 is 7.53. The maximum atomic E-state index is 12.6. The lowest BCUT2D eigenvalue weighted by Crippen LogP contribution is -2.28. The molecule has 1 amide bonds. The Morgan fingerprint density at radius 2 is 1.76 bits per heavy atom. The molecular weight excluding hydrogens is 456 g/mol. The number of nitrogens with one attached hydrogen (secondary N) is 1. The van der Waals surface area contributed by atoms with Crippen molar-refractivity contribution >= 4 is 39.9 Å². The second kappa shape index (κ2) is 9.40. The van der Waals surface area contributed by atoms with Crippen molar-refractivity contribution in [3.63, 3.8) is 0 Å². The molecule has 2 aromatic heterocycles. The molecule has 0 saturated carbocycles. The number of rotatable bonds is 6. The molecule has 5 rings (SSSR count). The topological polar surface area (TPSA) is 77.1 Å². The Balaban J connectivity index is 1.43. The first-order valence-electron chi connectivity index (χ1n) is 10.3. The summed E-state index contributed by atoms with van der Waals surface area (Å²) in [7, 11) is 0. The highest BCUT2D eigenvalue weighted by molar-refractivity contribution is 7.07. The summed E-state index contributed by atoms with van der Waals surface area (Å²) in [5.41, 5.74) is 7.36. The smallest absolute Gasteiger partial charge is 0.261 e. The number of hydrogen-bond donors (Lipinski definition) is 1. The van der Waals surface area contributed by atoms with Gasteiger partial charge in [-0.2, -0.15) is 0 Å². The monoisotopic (exact) mass is 474 g/mol. The van der Waals surface area contributed by atoms with Crippen LogP contribution in [0.4, 0.5) is 0 Å². The number of aromatic nitrogens is 4. The molecule has 9 heteroatoms. The van der Waals surface area contributed by atoms with E-state index in [9.17, 15) is 4.79 Å². The van der Waals surface area contributed by atoms with Crippen LogP contribution in [0, 0.1) is 0 Å². The second-order valence-electron chi connectivity index (χ2n) is 7.36. The standard InChI is InChI=1S/C24H19ClN6OS/c25-19-12-10-18(11-13-19)22-16-33-24(30(22)14-17-6-2-1-3-7-17)28-27-23(32)15-31-21-9-5-4-8-20(21)26-29-31/h1-13,16H,14-15H2,(H,27,32)/b28-24-. The predicted octanol–water partition coefficient (Wildman–Crippen LogP) is 4.30. The minimum absolute atomic E-state index is 0.0259. The molecule has 5 aromatic rings. The molecule has 0 saturated heterocycles. The number of benzene rings is 3. The minimum Gasteiger partial charge on any atom is -0.311 e. The van der Waals surface area contributed by atoms with Crippen LogP contribution in [0.2, 0.25) is 5.02 Å². The molecule has 0 aliphatic heterocycles. The van der Waals surface area contributed by atoms with E-state index in [-0.39, 0.29) is 12.5 Å². The lowest BCUT2D eigenvalue weighted by Gasteiger charge is -2.10. The van der Waals surface area contributed by atoms with Gasteiger partial charge in [0.25, 0.3) is 5.91 Å². The lowest BCUT2D eigenvalue weighted by atomic mass is 10.1. The highest BCUT2D eigenvalue weighted by atomic mass is 35.5. The van der Waals surface area contributed by atoms with E-state index in [1.54, 1.807) is 4.68 Å². The van der Waals surface area contributed by atoms with Crippen molar-refractivity contribution in [1.29, 1.82) is 0 Å². The van der Waals surface area contributed by atoms with Gasteiger partial charge >= 0.3 is 0 Å². The van der Waals surface area contributed by atoms with E-state index >= 15 is 0 Å². The fourth-order valence-corrected chi connectivity index (χ4v) is 4.50. The summed E-state index contributed by atoms with van der Waals surface area (Å²) in [4.78, 5) is 13.3. The van der Waals surface area contributed by atoms with Crippen LogP contribution in [0.25, 0.3) is 22.3 Å². The number of carbonyl (C=O) groups excluding carboxylic acids is 1. The van der Waals surface area contributed by atoms with Gasteiger partial charge in [-0.05, 0) is 35.4 Å². The highest BCUT2D eigenvalue weighted by Crippen LogP contribution is 2.23. The third kappa shape index (κ3) is 4.72. The molecule has 0 spiro atoms. The summed E-state index contributed by atoms with van der Waals surface area (Å²) in [6.45, 7) is 0.642. The molecule has 1 N–H and O–H groups in total. The number of fused-ring (bicyclic) bond motifs is 1. The average molecular weight is 475 g/mol. The van der Waals surface area contributed by atoms with Crippen molar-refractivity contribution in [1.82, 2.24) is 25.0 Å². The molecule has 0 bridgehead atoms. The van der Waals surface area contributed by atoms with Crippen LogP contribution in [-0.2, 0) is 17.9 Å². The summed E-state index contributed by atoms with van der Waals surface area (Å²) in [6, 6.07) is 25.3. The van der Waals surface area contributed by atoms with Crippen LogP contribution < -0.4 is 10.2 Å². The van der Waals surface area contributed by atoms with Crippen LogP contribution in [0.3, 0.4) is 0 Å². The number of thiazole rings is 1. The van der Waals surface area contributed by atoms with E-state index in [2.05, 4.69) is 37.5 Å². The third-order valence-electron chi connectivity index (χ3n) is 5.11. The Morgan fingerprint density at radius 1 is 1.00 bits per heavy atom. The van der Waals surface area contributed by atoms with Crippen LogP contribution in [0.5, 0.6) is 0 Å². The summed E-state index contributed by atoms with van der Waals surface area (Å²) in [5.74, 6) is -0.279. The van der Waals surface area contributed by atoms with Gasteiger partial charge in [-0.25, -0.2) is 10.1 Å². The number of para-hydroxylation sites is 1. The maximum absolute atomic E-state index is 12.6. The van der Waals surface area contributed by atoms with Crippen molar-refractivity contribution in [3.05, 3.63) is 99.6 Å². The zero-order chi connectivity index (χ0) is 22.6. The molecule has 0 aliphatic carbocycles. The Labute approximate surface area is 198 Å². The van der Waals surface area contributed by atoms with E-state index < -0.39 is 0 Å². The van der Waals surface area contributed by atoms with Gasteiger partial charge in [0.2, 0.25) is 4.80 Å². The van der Waals surface area contributed by atoms with Gasteiger partial charge in [0.15, 0.2) is 0 Å². The third-order valence-corrected chi connectivity index (χ3v) is 6.23. The molecule has 0 radical (unpaired) electrons. The van der Waals surface area contributed by atoms with Crippen molar-refractivity contribution in [3.8, 4) is 11.3 Å². The normalized spacial score (nSPS) is 11.7. The lowest BCUT2D eigenvalue weighted by molar-refractivity contribution is -0.121. The number of carbonyl (C=O) groups is 1. The number of halogens is 1. The number of nitrogens with zero attached hydrogens (tertiary/aromatic N) is 5. The van der Waals surface area contributed by atoms with E-state index in [0.29, 0.717) is 16.4 Å². The minimum atomic E-state index is -0.279. The maximum Gasteiger partial charge on any atom is 0.261 e. The molecule has 2 heterocycles. The Bertz CT molecular complexity index is 1470. The van der Waals surface area contributed by atoms with Crippen LogP contribution in [0.15, 0.2) is 89.3 Å². The Kier molecular flexibility index (Phi) is 6.01. The van der Waals surface area contributed by atoms with Crippen molar-refractivity contribution in [2.24, 2.45) is 5.10 Å². The Morgan fingerprint density at radius 3 is 2.58 bits per heavy atom. The van der Waals surface area contributed by atoms with Gasteiger partial charge < -0.3 is 4.57 Å². The molecule has 0 fully saturated rings. The number of hydrogen-bond acceptors (Lipinski definition) is 5. The zero-order valence-corrected chi connectivity index (χ0v) is 19.0. The average Bonchev–Trinajstić information content (AvgIpc) is 3.43. The molecule has 3 aromatic carbocycles. The molecule has 7 nitrogen and oxygen atoms in total. The highest BCUT2D eigenvalue weighted by Gasteiger charge is 2.11.